The lowest BCUT2D eigenvalue weighted by atomic mass is 10.1. The number of thiophene rings is 1. The lowest BCUT2D eigenvalue weighted by Gasteiger charge is -2.37. The first-order valence-electron chi connectivity index (χ1n) is 10.6. The highest BCUT2D eigenvalue weighted by Crippen LogP contribution is 2.30. The SMILES string of the molecule is O=C(c1sccc1Br)N1CCN(c2ccccc2NCCc2ccc(C(F)(F)F)cc2)CC1. The van der Waals surface area contributed by atoms with Gasteiger partial charge in [0.15, 0.2) is 0 Å². The lowest BCUT2D eigenvalue weighted by Crippen LogP contribution is -2.48. The second-order valence-electron chi connectivity index (χ2n) is 7.77. The summed E-state index contributed by atoms with van der Waals surface area (Å²) in [5.74, 6) is 0.0551. The topological polar surface area (TPSA) is 35.6 Å². The molecule has 9 heteroatoms. The van der Waals surface area contributed by atoms with Gasteiger partial charge in [0.1, 0.15) is 4.88 Å². The van der Waals surface area contributed by atoms with Gasteiger partial charge in [0, 0.05) is 37.2 Å². The third-order valence-electron chi connectivity index (χ3n) is 5.63. The van der Waals surface area contributed by atoms with Gasteiger partial charge < -0.3 is 15.1 Å². The number of nitrogens with zero attached hydrogens (tertiary/aromatic N) is 2. The summed E-state index contributed by atoms with van der Waals surface area (Å²) in [4.78, 5) is 17.6. The molecule has 1 fully saturated rings. The molecule has 1 amide bonds. The summed E-state index contributed by atoms with van der Waals surface area (Å²) in [5.41, 5.74) is 2.26. The molecule has 0 saturated carbocycles. The molecule has 1 aliphatic heterocycles. The van der Waals surface area contributed by atoms with E-state index in [0.29, 0.717) is 26.1 Å². The second-order valence-corrected chi connectivity index (χ2v) is 9.54. The monoisotopic (exact) mass is 537 g/mol. The molecule has 2 aromatic carbocycles. The normalized spacial score (nSPS) is 14.4. The number of nitrogens with one attached hydrogen (secondary N) is 1. The molecule has 4 rings (SSSR count). The summed E-state index contributed by atoms with van der Waals surface area (Å²) in [5, 5.41) is 5.32. The minimum absolute atomic E-state index is 0.0551. The maximum Gasteiger partial charge on any atom is 0.416 e. The van der Waals surface area contributed by atoms with Crippen LogP contribution >= 0.6 is 27.3 Å². The maximum atomic E-state index is 12.8. The van der Waals surface area contributed by atoms with Crippen molar-refractivity contribution in [2.75, 3.05) is 42.9 Å². The minimum Gasteiger partial charge on any atom is -0.383 e. The standard InChI is InChI=1S/C24H23BrF3N3OS/c25-19-10-16-33-22(19)23(32)31-14-12-30(13-15-31)21-4-2-1-3-20(21)29-11-9-17-5-7-18(8-6-17)24(26,27)28/h1-8,10,16,29H,9,11-15H2. The highest BCUT2D eigenvalue weighted by molar-refractivity contribution is 9.10. The van der Waals surface area contributed by atoms with Crippen LogP contribution in [0.4, 0.5) is 24.5 Å². The highest BCUT2D eigenvalue weighted by Gasteiger charge is 2.30. The summed E-state index contributed by atoms with van der Waals surface area (Å²) in [6, 6.07) is 15.2. The van der Waals surface area contributed by atoms with Gasteiger partial charge in [-0.25, -0.2) is 0 Å². The number of hydrogen-bond acceptors (Lipinski definition) is 4. The highest BCUT2D eigenvalue weighted by atomic mass is 79.9. The Bertz CT molecular complexity index is 1090. The average Bonchev–Trinajstić information content (AvgIpc) is 3.24. The molecular weight excluding hydrogens is 515 g/mol. The van der Waals surface area contributed by atoms with E-state index < -0.39 is 11.7 Å². The molecule has 1 saturated heterocycles. The quantitative estimate of drug-likeness (QED) is 0.409. The number of carbonyl (C=O) groups is 1. The van der Waals surface area contributed by atoms with Gasteiger partial charge in [0.05, 0.1) is 16.9 Å². The minimum atomic E-state index is -4.31. The predicted octanol–water partition coefficient (Wildman–Crippen LogP) is 6.15. The Labute approximate surface area is 203 Å². The third-order valence-corrected chi connectivity index (χ3v) is 7.46. The number of halogens is 4. The Morgan fingerprint density at radius 3 is 2.33 bits per heavy atom. The van der Waals surface area contributed by atoms with Crippen molar-refractivity contribution in [3.05, 3.63) is 80.5 Å². The summed E-state index contributed by atoms with van der Waals surface area (Å²) in [7, 11) is 0. The van der Waals surface area contributed by atoms with Crippen molar-refractivity contribution in [3.8, 4) is 0 Å². The molecule has 1 aliphatic rings. The molecule has 0 unspecified atom stereocenters. The van der Waals surface area contributed by atoms with Gasteiger partial charge in [-0.1, -0.05) is 24.3 Å². The van der Waals surface area contributed by atoms with Crippen LogP contribution in [0.2, 0.25) is 0 Å². The summed E-state index contributed by atoms with van der Waals surface area (Å²) >= 11 is 4.88. The number of alkyl halides is 3. The van der Waals surface area contributed by atoms with E-state index in [-0.39, 0.29) is 5.91 Å². The van der Waals surface area contributed by atoms with Crippen LogP contribution < -0.4 is 10.2 Å². The van der Waals surface area contributed by atoms with Crippen molar-refractivity contribution in [1.82, 2.24) is 4.90 Å². The van der Waals surface area contributed by atoms with E-state index >= 15 is 0 Å². The molecule has 0 aliphatic carbocycles. The molecule has 33 heavy (non-hydrogen) atoms. The first-order chi connectivity index (χ1) is 15.8. The molecule has 0 atom stereocenters. The molecule has 0 radical (unpaired) electrons. The average molecular weight is 538 g/mol. The van der Waals surface area contributed by atoms with E-state index in [1.54, 1.807) is 0 Å². The number of anilines is 2. The van der Waals surface area contributed by atoms with Gasteiger partial charge in [-0.3, -0.25) is 4.79 Å². The molecule has 174 valence electrons. The molecule has 0 bridgehead atoms. The molecule has 4 nitrogen and oxygen atoms in total. The van der Waals surface area contributed by atoms with Gasteiger partial charge in [-0.05, 0) is 63.6 Å². The first-order valence-corrected chi connectivity index (χ1v) is 12.3. The first kappa shape index (κ1) is 23.6. The van der Waals surface area contributed by atoms with E-state index in [2.05, 4.69) is 26.1 Å². The zero-order valence-electron chi connectivity index (χ0n) is 17.7. The van der Waals surface area contributed by atoms with Crippen LogP contribution in [0.5, 0.6) is 0 Å². The van der Waals surface area contributed by atoms with Crippen molar-refractivity contribution >= 4 is 44.5 Å². The summed E-state index contributed by atoms with van der Waals surface area (Å²) in [6.07, 6.45) is -3.70. The fraction of sp³-hybridized carbons (Fsp3) is 0.292. The van der Waals surface area contributed by atoms with Crippen LogP contribution in [0, 0.1) is 0 Å². The fourth-order valence-electron chi connectivity index (χ4n) is 3.84. The van der Waals surface area contributed by atoms with Gasteiger partial charge in [-0.15, -0.1) is 11.3 Å². The van der Waals surface area contributed by atoms with Gasteiger partial charge in [0.2, 0.25) is 0 Å². The largest absolute Gasteiger partial charge is 0.416 e. The summed E-state index contributed by atoms with van der Waals surface area (Å²) in [6.45, 7) is 3.35. The smallest absolute Gasteiger partial charge is 0.383 e. The lowest BCUT2D eigenvalue weighted by molar-refractivity contribution is -0.137. The molecule has 2 heterocycles. The second kappa shape index (κ2) is 10.2. The fourth-order valence-corrected chi connectivity index (χ4v) is 5.35. The van der Waals surface area contributed by atoms with Crippen LogP contribution in [0.1, 0.15) is 20.8 Å². The zero-order valence-corrected chi connectivity index (χ0v) is 20.1. The Morgan fingerprint density at radius 1 is 1.00 bits per heavy atom. The van der Waals surface area contributed by atoms with E-state index in [1.807, 2.05) is 40.6 Å². The number of para-hydroxylation sites is 2. The number of piperazine rings is 1. The Balaban J connectivity index is 1.33. The van der Waals surface area contributed by atoms with Gasteiger partial charge >= 0.3 is 6.18 Å². The van der Waals surface area contributed by atoms with Crippen molar-refractivity contribution < 1.29 is 18.0 Å². The van der Waals surface area contributed by atoms with E-state index in [0.717, 1.165) is 51.5 Å². The molecule has 0 spiro atoms. The van der Waals surface area contributed by atoms with Crippen LogP contribution in [0.15, 0.2) is 64.5 Å². The summed E-state index contributed by atoms with van der Waals surface area (Å²) < 4.78 is 39.0. The molecule has 1 N–H and O–H groups in total. The zero-order chi connectivity index (χ0) is 23.4. The van der Waals surface area contributed by atoms with Crippen LogP contribution in [0.25, 0.3) is 0 Å². The van der Waals surface area contributed by atoms with Crippen molar-refractivity contribution in [2.24, 2.45) is 0 Å². The van der Waals surface area contributed by atoms with E-state index in [9.17, 15) is 18.0 Å². The maximum absolute atomic E-state index is 12.8. The number of hydrogen-bond donors (Lipinski definition) is 1. The molecule has 1 aromatic heterocycles. The van der Waals surface area contributed by atoms with Crippen LogP contribution in [-0.4, -0.2) is 43.5 Å². The van der Waals surface area contributed by atoms with Crippen molar-refractivity contribution in [2.45, 2.75) is 12.6 Å². The Morgan fingerprint density at radius 2 is 1.70 bits per heavy atom. The van der Waals surface area contributed by atoms with E-state index in [1.165, 1.54) is 23.5 Å². The number of benzene rings is 2. The molecule has 3 aromatic rings. The van der Waals surface area contributed by atoms with Crippen molar-refractivity contribution in [1.29, 1.82) is 0 Å². The number of carbonyl (C=O) groups excluding carboxylic acids is 1. The Kier molecular flexibility index (Phi) is 7.29. The van der Waals surface area contributed by atoms with Crippen LogP contribution in [0.3, 0.4) is 0 Å². The predicted molar refractivity (Wildman–Crippen MR) is 130 cm³/mol. The molecular formula is C24H23BrF3N3OS. The third kappa shape index (κ3) is 5.70. The Hall–Kier alpha value is -2.52. The van der Waals surface area contributed by atoms with E-state index in [4.69, 9.17) is 0 Å². The van der Waals surface area contributed by atoms with Gasteiger partial charge in [-0.2, -0.15) is 13.2 Å². The van der Waals surface area contributed by atoms with Crippen LogP contribution in [-0.2, 0) is 12.6 Å². The number of rotatable bonds is 6. The van der Waals surface area contributed by atoms with Crippen molar-refractivity contribution in [3.63, 3.8) is 0 Å². The number of amides is 1. The van der Waals surface area contributed by atoms with Gasteiger partial charge in [0.25, 0.3) is 5.91 Å².